The van der Waals surface area contributed by atoms with Crippen molar-refractivity contribution in [2.24, 2.45) is 11.7 Å². The number of ether oxygens (including phenoxy) is 2. The van der Waals surface area contributed by atoms with Gasteiger partial charge >= 0.3 is 0 Å². The Bertz CT molecular complexity index is 815. The van der Waals surface area contributed by atoms with Crippen LogP contribution in [0.4, 0.5) is 11.4 Å². The number of halogens is 1. The van der Waals surface area contributed by atoms with Crippen molar-refractivity contribution in [3.8, 4) is 11.5 Å². The molecule has 2 aromatic rings. The highest BCUT2D eigenvalue weighted by atomic mass is 35.5. The monoisotopic (exact) mass is 421 g/mol. The lowest BCUT2D eigenvalue weighted by molar-refractivity contribution is -0.119. The third-order valence-corrected chi connectivity index (χ3v) is 4.02. The zero-order chi connectivity index (χ0) is 20.5. The summed E-state index contributed by atoms with van der Waals surface area (Å²) in [4.78, 5) is 24.8. The van der Waals surface area contributed by atoms with Gasteiger partial charge in [0.15, 0.2) is 0 Å². The van der Waals surface area contributed by atoms with Crippen molar-refractivity contribution in [1.82, 2.24) is 0 Å². The van der Waals surface area contributed by atoms with Crippen LogP contribution in [0.3, 0.4) is 0 Å². The molecule has 29 heavy (non-hydrogen) atoms. The topological polar surface area (TPSA) is 103 Å². The van der Waals surface area contributed by atoms with E-state index in [2.05, 4.69) is 10.6 Å². The number of benzene rings is 2. The maximum absolute atomic E-state index is 12.5. The lowest BCUT2D eigenvalue weighted by atomic mass is 10.1. The van der Waals surface area contributed by atoms with E-state index in [4.69, 9.17) is 15.2 Å². The highest BCUT2D eigenvalue weighted by Crippen LogP contribution is 2.37. The van der Waals surface area contributed by atoms with E-state index in [9.17, 15) is 9.59 Å². The average molecular weight is 422 g/mol. The molecule has 158 valence electrons. The summed E-state index contributed by atoms with van der Waals surface area (Å²) in [5.41, 5.74) is 7.02. The molecule has 2 aromatic carbocycles. The molecule has 0 fully saturated rings. The molecular weight excluding hydrogens is 394 g/mol. The Morgan fingerprint density at radius 1 is 0.966 bits per heavy atom. The van der Waals surface area contributed by atoms with Crippen molar-refractivity contribution in [1.29, 1.82) is 0 Å². The van der Waals surface area contributed by atoms with Crippen molar-refractivity contribution in [3.63, 3.8) is 0 Å². The Labute approximate surface area is 177 Å². The summed E-state index contributed by atoms with van der Waals surface area (Å²) in [6.07, 6.45) is 0. The number of hydrogen-bond acceptors (Lipinski definition) is 5. The van der Waals surface area contributed by atoms with Gasteiger partial charge in [0.1, 0.15) is 11.5 Å². The van der Waals surface area contributed by atoms with Crippen LogP contribution in [0.2, 0.25) is 0 Å². The van der Waals surface area contributed by atoms with Crippen LogP contribution in [0.1, 0.15) is 31.1 Å². The Hall–Kier alpha value is -2.77. The van der Waals surface area contributed by atoms with E-state index in [1.165, 1.54) is 0 Å². The van der Waals surface area contributed by atoms with Gasteiger partial charge in [0.25, 0.3) is 5.91 Å². The SMILES string of the molecule is CCOc1cc(NC(=O)C(C)CN)c(OCC)cc1NC(=O)c1ccccc1.Cl. The zero-order valence-corrected chi connectivity index (χ0v) is 17.7. The maximum Gasteiger partial charge on any atom is 0.255 e. The van der Waals surface area contributed by atoms with Gasteiger partial charge in [-0.15, -0.1) is 12.4 Å². The second-order valence-corrected chi connectivity index (χ2v) is 6.16. The first-order valence-electron chi connectivity index (χ1n) is 9.31. The molecule has 8 heteroatoms. The molecule has 1 atom stereocenters. The molecule has 7 nitrogen and oxygen atoms in total. The molecule has 0 aliphatic carbocycles. The Morgan fingerprint density at radius 3 is 1.97 bits per heavy atom. The molecule has 0 saturated heterocycles. The number of rotatable bonds is 9. The maximum atomic E-state index is 12.5. The fourth-order valence-electron chi connectivity index (χ4n) is 2.45. The van der Waals surface area contributed by atoms with Crippen LogP contribution in [0.25, 0.3) is 0 Å². The number of nitrogens with two attached hydrogens (primary N) is 1. The van der Waals surface area contributed by atoms with Gasteiger partial charge in [-0.2, -0.15) is 0 Å². The third kappa shape index (κ3) is 6.66. The van der Waals surface area contributed by atoms with Gasteiger partial charge in [-0.05, 0) is 26.0 Å². The van der Waals surface area contributed by atoms with Gasteiger partial charge in [0.2, 0.25) is 5.91 Å². The summed E-state index contributed by atoms with van der Waals surface area (Å²) >= 11 is 0. The third-order valence-electron chi connectivity index (χ3n) is 4.02. The fourth-order valence-corrected chi connectivity index (χ4v) is 2.45. The van der Waals surface area contributed by atoms with Gasteiger partial charge in [0.05, 0.1) is 24.6 Å². The molecule has 2 amide bonds. The molecule has 0 bridgehead atoms. The first-order valence-corrected chi connectivity index (χ1v) is 9.31. The van der Waals surface area contributed by atoms with Crippen molar-refractivity contribution in [3.05, 3.63) is 48.0 Å². The first kappa shape index (κ1) is 24.3. The second kappa shape index (κ2) is 11.9. The minimum atomic E-state index is -0.345. The summed E-state index contributed by atoms with van der Waals surface area (Å²) in [7, 11) is 0. The summed E-state index contributed by atoms with van der Waals surface area (Å²) in [5, 5.41) is 5.67. The van der Waals surface area contributed by atoms with Gasteiger partial charge in [0, 0.05) is 30.2 Å². The van der Waals surface area contributed by atoms with Crippen LogP contribution in [0.5, 0.6) is 11.5 Å². The lowest BCUT2D eigenvalue weighted by Crippen LogP contribution is -2.27. The van der Waals surface area contributed by atoms with Crippen molar-refractivity contribution < 1.29 is 19.1 Å². The van der Waals surface area contributed by atoms with Crippen molar-refractivity contribution in [2.45, 2.75) is 20.8 Å². The average Bonchev–Trinajstić information content (AvgIpc) is 2.71. The second-order valence-electron chi connectivity index (χ2n) is 6.16. The van der Waals surface area contributed by atoms with Crippen LogP contribution in [0.15, 0.2) is 42.5 Å². The summed E-state index contributed by atoms with van der Waals surface area (Å²) in [6.45, 7) is 6.46. The van der Waals surface area contributed by atoms with Gasteiger partial charge in [-0.3, -0.25) is 9.59 Å². The number of anilines is 2. The number of hydrogen-bond donors (Lipinski definition) is 3. The Balaban J connectivity index is 0.00000420. The zero-order valence-electron chi connectivity index (χ0n) is 16.9. The van der Waals surface area contributed by atoms with E-state index >= 15 is 0 Å². The van der Waals surface area contributed by atoms with E-state index < -0.39 is 0 Å². The van der Waals surface area contributed by atoms with Crippen LogP contribution in [-0.4, -0.2) is 31.6 Å². The predicted octanol–water partition coefficient (Wildman–Crippen LogP) is 3.69. The fraction of sp³-hybridized carbons (Fsp3) is 0.333. The Morgan fingerprint density at radius 2 is 1.48 bits per heavy atom. The minimum absolute atomic E-state index is 0. The number of amides is 2. The van der Waals surface area contributed by atoms with E-state index in [0.717, 1.165) is 0 Å². The van der Waals surface area contributed by atoms with Crippen LogP contribution >= 0.6 is 12.4 Å². The molecule has 0 aromatic heterocycles. The molecule has 0 heterocycles. The lowest BCUT2D eigenvalue weighted by Gasteiger charge is -2.18. The van der Waals surface area contributed by atoms with Crippen LogP contribution in [0, 0.1) is 5.92 Å². The molecule has 0 aliphatic heterocycles. The molecule has 2 rings (SSSR count). The highest BCUT2D eigenvalue weighted by Gasteiger charge is 2.18. The van der Waals surface area contributed by atoms with Crippen LogP contribution < -0.4 is 25.8 Å². The quantitative estimate of drug-likeness (QED) is 0.573. The standard InChI is InChI=1S/C21H27N3O4.ClH/c1-4-27-18-12-17(24-21(26)15-9-7-6-8-10-15)19(28-5-2)11-16(18)23-20(25)14(3)13-22;/h6-12,14H,4-5,13,22H2,1-3H3,(H,23,25)(H,24,26);1H. The van der Waals surface area contributed by atoms with E-state index in [-0.39, 0.29) is 36.7 Å². The molecule has 0 spiro atoms. The molecule has 1 unspecified atom stereocenters. The molecule has 4 N–H and O–H groups in total. The molecule has 0 radical (unpaired) electrons. The van der Waals surface area contributed by atoms with E-state index in [1.54, 1.807) is 43.3 Å². The predicted molar refractivity (Wildman–Crippen MR) is 117 cm³/mol. The van der Waals surface area contributed by atoms with Gasteiger partial charge in [-0.1, -0.05) is 25.1 Å². The normalized spacial score (nSPS) is 11.0. The van der Waals surface area contributed by atoms with E-state index in [0.29, 0.717) is 41.7 Å². The van der Waals surface area contributed by atoms with Crippen molar-refractivity contribution in [2.75, 3.05) is 30.4 Å². The number of carbonyl (C=O) groups is 2. The van der Waals surface area contributed by atoms with E-state index in [1.807, 2.05) is 19.9 Å². The summed E-state index contributed by atoms with van der Waals surface area (Å²) in [5.74, 6) is 0.0461. The smallest absolute Gasteiger partial charge is 0.255 e. The number of nitrogens with one attached hydrogen (secondary N) is 2. The number of carbonyl (C=O) groups excluding carboxylic acids is 2. The summed E-state index contributed by atoms with van der Waals surface area (Å²) in [6, 6.07) is 12.2. The molecule has 0 saturated carbocycles. The largest absolute Gasteiger partial charge is 0.492 e. The highest BCUT2D eigenvalue weighted by molar-refractivity contribution is 6.05. The molecular formula is C21H28ClN3O4. The summed E-state index contributed by atoms with van der Waals surface area (Å²) < 4.78 is 11.3. The van der Waals surface area contributed by atoms with Gasteiger partial charge in [-0.25, -0.2) is 0 Å². The van der Waals surface area contributed by atoms with Crippen LogP contribution in [-0.2, 0) is 4.79 Å². The Kier molecular flexibility index (Phi) is 9.99. The molecule has 0 aliphatic rings. The minimum Gasteiger partial charge on any atom is -0.492 e. The van der Waals surface area contributed by atoms with Gasteiger partial charge < -0.3 is 25.8 Å². The first-order chi connectivity index (χ1) is 13.5. The van der Waals surface area contributed by atoms with Crippen molar-refractivity contribution >= 4 is 35.6 Å².